The van der Waals surface area contributed by atoms with Crippen LogP contribution < -0.4 is 15.8 Å². The van der Waals surface area contributed by atoms with E-state index in [1.54, 1.807) is 25.3 Å². The average molecular weight is 276 g/mol. The van der Waals surface area contributed by atoms with Crippen LogP contribution in [0.3, 0.4) is 0 Å². The van der Waals surface area contributed by atoms with Crippen molar-refractivity contribution in [2.75, 3.05) is 12.8 Å². The van der Waals surface area contributed by atoms with Gasteiger partial charge in [0.25, 0.3) is 5.91 Å². The second-order valence-electron chi connectivity index (χ2n) is 5.49. The van der Waals surface area contributed by atoms with Crippen molar-refractivity contribution in [1.29, 1.82) is 0 Å². The molecule has 2 rings (SSSR count). The van der Waals surface area contributed by atoms with E-state index < -0.39 is 0 Å². The molecule has 2 unspecified atom stereocenters. The van der Waals surface area contributed by atoms with E-state index in [4.69, 9.17) is 10.5 Å². The monoisotopic (exact) mass is 276 g/mol. The third kappa shape index (κ3) is 3.24. The molecule has 1 aromatic carbocycles. The zero-order valence-electron chi connectivity index (χ0n) is 12.3. The number of anilines is 1. The Morgan fingerprint density at radius 3 is 2.85 bits per heavy atom. The molecule has 1 aromatic rings. The van der Waals surface area contributed by atoms with Crippen LogP contribution in [0.1, 0.15) is 49.4 Å². The number of nitrogens with two attached hydrogens (primary N) is 1. The molecule has 3 N–H and O–H groups in total. The first kappa shape index (κ1) is 14.7. The predicted molar refractivity (Wildman–Crippen MR) is 80.9 cm³/mol. The maximum atomic E-state index is 12.4. The average Bonchev–Trinajstić information content (AvgIpc) is 2.47. The highest BCUT2D eigenvalue weighted by Gasteiger charge is 2.26. The normalized spacial score (nSPS) is 22.3. The number of rotatable bonds is 4. The number of amides is 1. The lowest BCUT2D eigenvalue weighted by atomic mass is 9.83. The van der Waals surface area contributed by atoms with Crippen molar-refractivity contribution in [3.05, 3.63) is 23.8 Å². The SMILES string of the molecule is CCC1CCCCC1NC(=O)c1ccc(N)cc1OC. The van der Waals surface area contributed by atoms with Crippen molar-refractivity contribution in [3.8, 4) is 5.75 Å². The number of nitrogen functional groups attached to an aromatic ring is 1. The summed E-state index contributed by atoms with van der Waals surface area (Å²) in [5, 5.41) is 3.17. The van der Waals surface area contributed by atoms with E-state index in [1.807, 2.05) is 0 Å². The number of hydrogen-bond acceptors (Lipinski definition) is 3. The van der Waals surface area contributed by atoms with Gasteiger partial charge in [-0.05, 0) is 30.9 Å². The summed E-state index contributed by atoms with van der Waals surface area (Å²) < 4.78 is 5.25. The van der Waals surface area contributed by atoms with Gasteiger partial charge in [-0.2, -0.15) is 0 Å². The molecule has 0 heterocycles. The van der Waals surface area contributed by atoms with Gasteiger partial charge in [0.05, 0.1) is 12.7 Å². The number of carbonyl (C=O) groups is 1. The van der Waals surface area contributed by atoms with Crippen LogP contribution >= 0.6 is 0 Å². The van der Waals surface area contributed by atoms with Crippen molar-refractivity contribution in [2.45, 2.75) is 45.1 Å². The van der Waals surface area contributed by atoms with Crippen LogP contribution in [-0.4, -0.2) is 19.1 Å². The van der Waals surface area contributed by atoms with Crippen LogP contribution in [0.15, 0.2) is 18.2 Å². The molecule has 0 aromatic heterocycles. The Morgan fingerprint density at radius 1 is 1.40 bits per heavy atom. The van der Waals surface area contributed by atoms with Crippen molar-refractivity contribution >= 4 is 11.6 Å². The zero-order valence-corrected chi connectivity index (χ0v) is 12.3. The van der Waals surface area contributed by atoms with Gasteiger partial charge in [-0.15, -0.1) is 0 Å². The van der Waals surface area contributed by atoms with Gasteiger partial charge in [0.15, 0.2) is 0 Å². The standard InChI is InChI=1S/C16H24N2O2/c1-3-11-6-4-5-7-14(11)18-16(19)13-9-8-12(17)10-15(13)20-2/h8-11,14H,3-7,17H2,1-2H3,(H,18,19). The fraction of sp³-hybridized carbons (Fsp3) is 0.562. The Labute approximate surface area is 120 Å². The predicted octanol–water partition coefficient (Wildman–Crippen LogP) is 2.98. The van der Waals surface area contributed by atoms with Gasteiger partial charge in [0.2, 0.25) is 0 Å². The molecular formula is C16H24N2O2. The first-order chi connectivity index (χ1) is 9.65. The van der Waals surface area contributed by atoms with Crippen molar-refractivity contribution in [1.82, 2.24) is 5.32 Å². The molecule has 0 saturated heterocycles. The molecule has 1 aliphatic carbocycles. The Hall–Kier alpha value is -1.71. The summed E-state index contributed by atoms with van der Waals surface area (Å²) in [4.78, 5) is 12.4. The van der Waals surface area contributed by atoms with Crippen LogP contribution in [0.25, 0.3) is 0 Å². The molecule has 1 saturated carbocycles. The van der Waals surface area contributed by atoms with Gasteiger partial charge in [-0.1, -0.05) is 26.2 Å². The van der Waals surface area contributed by atoms with E-state index in [1.165, 1.54) is 19.3 Å². The lowest BCUT2D eigenvalue weighted by Gasteiger charge is -2.31. The first-order valence-electron chi connectivity index (χ1n) is 7.40. The van der Waals surface area contributed by atoms with Gasteiger partial charge in [0.1, 0.15) is 5.75 Å². The maximum Gasteiger partial charge on any atom is 0.255 e. The minimum atomic E-state index is -0.0628. The molecule has 2 atom stereocenters. The summed E-state index contributed by atoms with van der Waals surface area (Å²) in [6.45, 7) is 2.19. The number of hydrogen-bond donors (Lipinski definition) is 2. The molecule has 0 aliphatic heterocycles. The summed E-state index contributed by atoms with van der Waals surface area (Å²) in [6, 6.07) is 5.43. The summed E-state index contributed by atoms with van der Waals surface area (Å²) in [6.07, 6.45) is 5.86. The molecular weight excluding hydrogens is 252 g/mol. The van der Waals surface area contributed by atoms with E-state index in [0.717, 1.165) is 12.8 Å². The van der Waals surface area contributed by atoms with Crippen LogP contribution in [0.5, 0.6) is 5.75 Å². The fourth-order valence-corrected chi connectivity index (χ4v) is 3.03. The first-order valence-corrected chi connectivity index (χ1v) is 7.40. The molecule has 0 bridgehead atoms. The third-order valence-corrected chi connectivity index (χ3v) is 4.22. The van der Waals surface area contributed by atoms with E-state index in [2.05, 4.69) is 12.2 Å². The molecule has 4 nitrogen and oxygen atoms in total. The summed E-state index contributed by atoms with van der Waals surface area (Å²) in [5.41, 5.74) is 6.88. The largest absolute Gasteiger partial charge is 0.496 e. The van der Waals surface area contributed by atoms with E-state index >= 15 is 0 Å². The number of nitrogens with one attached hydrogen (secondary N) is 1. The highest BCUT2D eigenvalue weighted by Crippen LogP contribution is 2.28. The summed E-state index contributed by atoms with van der Waals surface area (Å²) in [5.74, 6) is 1.06. The van der Waals surface area contributed by atoms with E-state index in [0.29, 0.717) is 22.9 Å². The molecule has 0 spiro atoms. The second-order valence-corrected chi connectivity index (χ2v) is 5.49. The Kier molecular flexibility index (Phi) is 4.88. The van der Waals surface area contributed by atoms with Crippen LogP contribution in [0.2, 0.25) is 0 Å². The number of methoxy groups -OCH3 is 1. The van der Waals surface area contributed by atoms with Crippen molar-refractivity contribution in [3.63, 3.8) is 0 Å². The maximum absolute atomic E-state index is 12.4. The van der Waals surface area contributed by atoms with Crippen LogP contribution in [0, 0.1) is 5.92 Å². The van der Waals surface area contributed by atoms with Gasteiger partial charge in [-0.3, -0.25) is 4.79 Å². The summed E-state index contributed by atoms with van der Waals surface area (Å²) >= 11 is 0. The summed E-state index contributed by atoms with van der Waals surface area (Å²) in [7, 11) is 1.56. The topological polar surface area (TPSA) is 64.4 Å². The molecule has 1 aliphatic rings. The third-order valence-electron chi connectivity index (χ3n) is 4.22. The highest BCUT2D eigenvalue weighted by molar-refractivity contribution is 5.97. The minimum Gasteiger partial charge on any atom is -0.496 e. The smallest absolute Gasteiger partial charge is 0.255 e. The molecule has 1 amide bonds. The Balaban J connectivity index is 2.11. The molecule has 20 heavy (non-hydrogen) atoms. The van der Waals surface area contributed by atoms with Crippen LogP contribution in [0.4, 0.5) is 5.69 Å². The molecule has 110 valence electrons. The molecule has 4 heteroatoms. The van der Waals surface area contributed by atoms with Crippen molar-refractivity contribution < 1.29 is 9.53 Å². The molecule has 1 fully saturated rings. The Morgan fingerprint density at radius 2 is 2.15 bits per heavy atom. The van der Waals surface area contributed by atoms with Crippen LogP contribution in [-0.2, 0) is 0 Å². The Bertz CT molecular complexity index is 474. The quantitative estimate of drug-likeness (QED) is 0.831. The lowest BCUT2D eigenvalue weighted by Crippen LogP contribution is -2.42. The minimum absolute atomic E-state index is 0.0628. The lowest BCUT2D eigenvalue weighted by molar-refractivity contribution is 0.0901. The van der Waals surface area contributed by atoms with Gasteiger partial charge < -0.3 is 15.8 Å². The van der Waals surface area contributed by atoms with Crippen molar-refractivity contribution in [2.24, 2.45) is 5.92 Å². The number of benzene rings is 1. The van der Waals surface area contributed by atoms with Gasteiger partial charge in [0, 0.05) is 17.8 Å². The highest BCUT2D eigenvalue weighted by atomic mass is 16.5. The van der Waals surface area contributed by atoms with Gasteiger partial charge in [-0.25, -0.2) is 0 Å². The second kappa shape index (κ2) is 6.64. The fourth-order valence-electron chi connectivity index (χ4n) is 3.03. The number of carbonyl (C=O) groups excluding carboxylic acids is 1. The molecule has 0 radical (unpaired) electrons. The van der Waals surface area contributed by atoms with Gasteiger partial charge >= 0.3 is 0 Å². The number of ether oxygens (including phenoxy) is 1. The van der Waals surface area contributed by atoms with E-state index in [-0.39, 0.29) is 11.9 Å². The zero-order chi connectivity index (χ0) is 14.5. The van der Waals surface area contributed by atoms with E-state index in [9.17, 15) is 4.79 Å².